The molecule has 144 valence electrons. The maximum absolute atomic E-state index is 12.8. The fraction of sp³-hybridized carbons (Fsp3) is 0.238. The summed E-state index contributed by atoms with van der Waals surface area (Å²) in [6.45, 7) is 3.09. The molecule has 0 saturated carbocycles. The van der Waals surface area contributed by atoms with Crippen molar-refractivity contribution < 1.29 is 9.47 Å². The van der Waals surface area contributed by atoms with E-state index in [0.29, 0.717) is 46.4 Å². The molecule has 0 amide bonds. The Morgan fingerprint density at radius 3 is 2.89 bits per heavy atom. The number of halogens is 2. The van der Waals surface area contributed by atoms with Gasteiger partial charge in [0.15, 0.2) is 11.5 Å². The average Bonchev–Trinajstić information content (AvgIpc) is 3.06. The zero-order valence-corrected chi connectivity index (χ0v) is 17.8. The maximum Gasteiger partial charge on any atom is 0.261 e. The molecule has 1 aromatic heterocycles. The zero-order chi connectivity index (χ0) is 19.8. The summed E-state index contributed by atoms with van der Waals surface area (Å²) in [5.41, 5.74) is 2.51. The number of hydrogen-bond acceptors (Lipinski definition) is 4. The predicted octanol–water partition coefficient (Wildman–Crippen LogP) is 5.16. The summed E-state index contributed by atoms with van der Waals surface area (Å²) in [6, 6.07) is 9.07. The fourth-order valence-electron chi connectivity index (χ4n) is 3.44. The first-order valence-corrected chi connectivity index (χ1v) is 10.1. The van der Waals surface area contributed by atoms with Crippen LogP contribution in [0.1, 0.15) is 24.7 Å². The lowest BCUT2D eigenvalue weighted by atomic mass is 10.1. The number of hydrogen-bond donors (Lipinski definition) is 0. The summed E-state index contributed by atoms with van der Waals surface area (Å²) >= 11 is 9.64. The molecular formula is C21H18BrClN2O3. The van der Waals surface area contributed by atoms with Gasteiger partial charge in [-0.15, -0.1) is 0 Å². The molecule has 3 aromatic rings. The van der Waals surface area contributed by atoms with Gasteiger partial charge in [0.05, 0.1) is 29.1 Å². The van der Waals surface area contributed by atoms with Crippen molar-refractivity contribution in [1.29, 1.82) is 0 Å². The lowest BCUT2D eigenvalue weighted by Crippen LogP contribution is -2.20. The monoisotopic (exact) mass is 460 g/mol. The Hall–Kier alpha value is -2.31. The first-order valence-electron chi connectivity index (χ1n) is 8.93. The molecule has 0 atom stereocenters. The normalized spacial score (nSPS) is 14.5. The van der Waals surface area contributed by atoms with Crippen molar-refractivity contribution in [3.8, 4) is 11.5 Å². The highest BCUT2D eigenvalue weighted by atomic mass is 79.9. The number of rotatable bonds is 4. The minimum Gasteiger partial charge on any atom is -0.493 e. The molecule has 0 unspecified atom stereocenters. The molecule has 0 radical (unpaired) electrons. The van der Waals surface area contributed by atoms with Gasteiger partial charge in [0.2, 0.25) is 0 Å². The van der Waals surface area contributed by atoms with Gasteiger partial charge in [-0.05, 0) is 76.8 Å². The van der Waals surface area contributed by atoms with Crippen LogP contribution in [0.15, 0.2) is 39.6 Å². The van der Waals surface area contributed by atoms with Gasteiger partial charge in [-0.25, -0.2) is 4.98 Å². The average molecular weight is 462 g/mol. The van der Waals surface area contributed by atoms with Gasteiger partial charge in [0.1, 0.15) is 5.82 Å². The predicted molar refractivity (Wildman–Crippen MR) is 115 cm³/mol. The summed E-state index contributed by atoms with van der Waals surface area (Å²) < 4.78 is 13.7. The molecule has 2 aromatic carbocycles. The quantitative estimate of drug-likeness (QED) is 0.538. The molecule has 1 aliphatic rings. The second-order valence-electron chi connectivity index (χ2n) is 6.44. The van der Waals surface area contributed by atoms with Gasteiger partial charge < -0.3 is 9.47 Å². The summed E-state index contributed by atoms with van der Waals surface area (Å²) in [7, 11) is 1.61. The highest BCUT2D eigenvalue weighted by molar-refractivity contribution is 9.10. The Balaban J connectivity index is 1.83. The standard InChI is InChI=1S/C21H18BrClN2O3/c1-3-28-19-16(22)9-12(10-18(19)27-2)8-13-6-7-25-20(13)24-17-11-14(23)4-5-15(17)21(25)26/h4-5,8-11H,3,6-7H2,1-2H3/b13-8-. The number of allylic oxidation sites excluding steroid dienone is 1. The second-order valence-corrected chi connectivity index (χ2v) is 7.73. The van der Waals surface area contributed by atoms with Crippen molar-refractivity contribution in [3.05, 3.63) is 61.6 Å². The van der Waals surface area contributed by atoms with Crippen molar-refractivity contribution in [2.45, 2.75) is 19.9 Å². The van der Waals surface area contributed by atoms with Crippen LogP contribution in [0.5, 0.6) is 11.5 Å². The molecule has 7 heteroatoms. The van der Waals surface area contributed by atoms with Gasteiger partial charge in [0.25, 0.3) is 5.56 Å². The first-order chi connectivity index (χ1) is 13.5. The molecule has 0 N–H and O–H groups in total. The van der Waals surface area contributed by atoms with Crippen LogP contribution in [0.2, 0.25) is 5.02 Å². The van der Waals surface area contributed by atoms with Crippen molar-refractivity contribution in [1.82, 2.24) is 9.55 Å². The van der Waals surface area contributed by atoms with Crippen LogP contribution in [-0.2, 0) is 6.54 Å². The summed E-state index contributed by atoms with van der Waals surface area (Å²) in [5.74, 6) is 2.01. The van der Waals surface area contributed by atoms with Crippen LogP contribution < -0.4 is 15.0 Å². The van der Waals surface area contributed by atoms with Crippen LogP contribution in [0.3, 0.4) is 0 Å². The third kappa shape index (κ3) is 3.31. The smallest absolute Gasteiger partial charge is 0.261 e. The maximum atomic E-state index is 12.8. The van der Waals surface area contributed by atoms with Crippen LogP contribution >= 0.6 is 27.5 Å². The molecule has 0 spiro atoms. The largest absolute Gasteiger partial charge is 0.493 e. The third-order valence-electron chi connectivity index (χ3n) is 4.69. The highest BCUT2D eigenvalue weighted by Gasteiger charge is 2.21. The Morgan fingerprint density at radius 2 is 2.14 bits per heavy atom. The molecule has 4 rings (SSSR count). The Bertz CT molecular complexity index is 1170. The molecule has 2 heterocycles. The van der Waals surface area contributed by atoms with E-state index in [1.165, 1.54) is 0 Å². The zero-order valence-electron chi connectivity index (χ0n) is 15.5. The lowest BCUT2D eigenvalue weighted by Gasteiger charge is -2.12. The number of fused-ring (bicyclic) bond motifs is 2. The molecule has 0 fully saturated rings. The van der Waals surface area contributed by atoms with Crippen molar-refractivity contribution in [2.75, 3.05) is 13.7 Å². The molecule has 5 nitrogen and oxygen atoms in total. The number of ether oxygens (including phenoxy) is 2. The van der Waals surface area contributed by atoms with Crippen LogP contribution in [-0.4, -0.2) is 23.3 Å². The fourth-order valence-corrected chi connectivity index (χ4v) is 4.18. The summed E-state index contributed by atoms with van der Waals surface area (Å²) in [5, 5.41) is 1.15. The van der Waals surface area contributed by atoms with E-state index in [9.17, 15) is 4.79 Å². The molecule has 1 aliphatic heterocycles. The van der Waals surface area contributed by atoms with Gasteiger partial charge in [-0.3, -0.25) is 9.36 Å². The number of benzene rings is 2. The van der Waals surface area contributed by atoms with Crippen molar-refractivity contribution in [3.63, 3.8) is 0 Å². The van der Waals surface area contributed by atoms with Gasteiger partial charge in [0, 0.05) is 11.6 Å². The first kappa shape index (κ1) is 19.0. The number of methoxy groups -OCH3 is 1. The Labute approximate surface area is 175 Å². The highest BCUT2D eigenvalue weighted by Crippen LogP contribution is 2.38. The van der Waals surface area contributed by atoms with E-state index in [0.717, 1.165) is 22.0 Å². The molecule has 0 aliphatic carbocycles. The van der Waals surface area contributed by atoms with E-state index in [-0.39, 0.29) is 5.56 Å². The summed E-state index contributed by atoms with van der Waals surface area (Å²) in [4.78, 5) is 17.5. The van der Waals surface area contributed by atoms with Gasteiger partial charge in [-0.2, -0.15) is 0 Å². The van der Waals surface area contributed by atoms with E-state index in [1.807, 2.05) is 25.1 Å². The second kappa shape index (κ2) is 7.60. The minimum absolute atomic E-state index is 0.0366. The minimum atomic E-state index is -0.0366. The third-order valence-corrected chi connectivity index (χ3v) is 5.51. The van der Waals surface area contributed by atoms with Crippen LogP contribution in [0, 0.1) is 0 Å². The molecular weight excluding hydrogens is 444 g/mol. The summed E-state index contributed by atoms with van der Waals surface area (Å²) in [6.07, 6.45) is 2.77. The topological polar surface area (TPSA) is 53.4 Å². The lowest BCUT2D eigenvalue weighted by molar-refractivity contribution is 0.309. The van der Waals surface area contributed by atoms with Crippen molar-refractivity contribution >= 4 is 50.1 Å². The van der Waals surface area contributed by atoms with Crippen LogP contribution in [0.4, 0.5) is 0 Å². The SMILES string of the molecule is CCOc1c(Br)cc(/C=C2/CCn3c2nc2cc(Cl)ccc2c3=O)cc1OC. The Morgan fingerprint density at radius 1 is 1.32 bits per heavy atom. The van der Waals surface area contributed by atoms with E-state index in [4.69, 9.17) is 26.1 Å². The van der Waals surface area contributed by atoms with E-state index in [1.54, 1.807) is 29.9 Å². The molecule has 0 saturated heterocycles. The molecule has 28 heavy (non-hydrogen) atoms. The van der Waals surface area contributed by atoms with Gasteiger partial charge >= 0.3 is 0 Å². The number of nitrogens with zero attached hydrogens (tertiary/aromatic N) is 2. The Kier molecular flexibility index (Phi) is 5.17. The molecule has 0 bridgehead atoms. The van der Waals surface area contributed by atoms with E-state index in [2.05, 4.69) is 15.9 Å². The van der Waals surface area contributed by atoms with Crippen molar-refractivity contribution in [2.24, 2.45) is 0 Å². The van der Waals surface area contributed by atoms with Gasteiger partial charge in [-0.1, -0.05) is 11.6 Å². The van der Waals surface area contributed by atoms with E-state index < -0.39 is 0 Å². The van der Waals surface area contributed by atoms with Crippen LogP contribution in [0.25, 0.3) is 22.6 Å². The number of aromatic nitrogens is 2. The van der Waals surface area contributed by atoms with E-state index >= 15 is 0 Å².